The number of rotatable bonds is 3. The number of ether oxygens (including phenoxy) is 1. The number of aryl methyl sites for hydroxylation is 2. The average Bonchev–Trinajstić information content (AvgIpc) is 3.38. The number of aromatic nitrogens is 1. The van der Waals surface area contributed by atoms with Gasteiger partial charge in [-0.1, -0.05) is 82.0 Å². The van der Waals surface area contributed by atoms with Crippen LogP contribution in [0.1, 0.15) is 62.1 Å². The minimum absolute atomic E-state index is 0.355. The summed E-state index contributed by atoms with van der Waals surface area (Å²) in [5, 5.41) is 7.76. The fourth-order valence-electron chi connectivity index (χ4n) is 7.05. The van der Waals surface area contributed by atoms with Gasteiger partial charge in [0.1, 0.15) is 18.5 Å². The van der Waals surface area contributed by atoms with E-state index >= 15 is 0 Å². The zero-order valence-electron chi connectivity index (χ0n) is 21.8. The molecule has 0 saturated heterocycles. The summed E-state index contributed by atoms with van der Waals surface area (Å²) in [7, 11) is 2.17. The summed E-state index contributed by atoms with van der Waals surface area (Å²) < 4.78 is 9.25. The molecule has 0 spiro atoms. The molecule has 7 rings (SSSR count). The van der Waals surface area contributed by atoms with Gasteiger partial charge in [0.25, 0.3) is 0 Å². The third-order valence-electron chi connectivity index (χ3n) is 8.76. The van der Waals surface area contributed by atoms with Gasteiger partial charge in [0.15, 0.2) is 6.20 Å². The maximum atomic E-state index is 6.95. The first-order valence-electron chi connectivity index (χ1n) is 13.6. The second-order valence-corrected chi connectivity index (χ2v) is 11.4. The number of benzene rings is 4. The lowest BCUT2D eigenvalue weighted by Gasteiger charge is -2.27. The Hall–Kier alpha value is -3.39. The molecule has 1 saturated carbocycles. The Labute approximate surface area is 213 Å². The first-order chi connectivity index (χ1) is 17.5. The van der Waals surface area contributed by atoms with Gasteiger partial charge in [-0.25, -0.2) is 4.57 Å². The van der Waals surface area contributed by atoms with Crippen LogP contribution in [-0.4, -0.2) is 0 Å². The Kier molecular flexibility index (Phi) is 4.90. The highest BCUT2D eigenvalue weighted by Gasteiger charge is 2.34. The molecule has 36 heavy (non-hydrogen) atoms. The molecule has 1 fully saturated rings. The Morgan fingerprint density at radius 2 is 1.69 bits per heavy atom. The van der Waals surface area contributed by atoms with Crippen molar-refractivity contribution in [2.45, 2.75) is 58.8 Å². The second-order valence-electron chi connectivity index (χ2n) is 11.4. The van der Waals surface area contributed by atoms with Crippen molar-refractivity contribution < 1.29 is 9.30 Å². The second kappa shape index (κ2) is 8.06. The van der Waals surface area contributed by atoms with Crippen LogP contribution < -0.4 is 9.30 Å². The highest BCUT2D eigenvalue weighted by atomic mass is 16.5. The number of pyridine rings is 1. The topological polar surface area (TPSA) is 13.1 Å². The zero-order chi connectivity index (χ0) is 24.6. The maximum absolute atomic E-state index is 6.95. The summed E-state index contributed by atoms with van der Waals surface area (Å²) in [6.07, 6.45) is 8.98. The molecular formula is C34H34NO+. The third-order valence-corrected chi connectivity index (χ3v) is 8.76. The van der Waals surface area contributed by atoms with E-state index in [1.54, 1.807) is 0 Å². The molecule has 0 amide bonds. The molecule has 180 valence electrons. The summed E-state index contributed by atoms with van der Waals surface area (Å²) in [6, 6.07) is 20.5. The van der Waals surface area contributed by atoms with E-state index < -0.39 is 0 Å². The van der Waals surface area contributed by atoms with Crippen LogP contribution in [0.15, 0.2) is 60.8 Å². The van der Waals surface area contributed by atoms with Crippen molar-refractivity contribution in [3.63, 3.8) is 0 Å². The molecular weight excluding hydrogens is 438 g/mol. The van der Waals surface area contributed by atoms with E-state index in [-0.39, 0.29) is 0 Å². The maximum Gasteiger partial charge on any atom is 0.228 e. The molecule has 2 heterocycles. The fraction of sp³-hybridized carbons (Fsp3) is 0.324. The lowest BCUT2D eigenvalue weighted by atomic mass is 9.85. The van der Waals surface area contributed by atoms with Crippen LogP contribution in [-0.2, 0) is 13.5 Å². The van der Waals surface area contributed by atoms with Crippen LogP contribution in [0.5, 0.6) is 11.5 Å². The van der Waals surface area contributed by atoms with Gasteiger partial charge in [0, 0.05) is 17.0 Å². The van der Waals surface area contributed by atoms with Crippen molar-refractivity contribution >= 4 is 32.3 Å². The van der Waals surface area contributed by atoms with Crippen molar-refractivity contribution in [1.82, 2.24) is 0 Å². The summed E-state index contributed by atoms with van der Waals surface area (Å²) in [6.45, 7) is 6.83. The van der Waals surface area contributed by atoms with Crippen LogP contribution in [0.4, 0.5) is 0 Å². The average molecular weight is 473 g/mol. The van der Waals surface area contributed by atoms with Gasteiger partial charge in [-0.2, -0.15) is 0 Å². The first kappa shape index (κ1) is 21.9. The molecule has 1 aromatic heterocycles. The lowest BCUT2D eigenvalue weighted by molar-refractivity contribution is -0.659. The van der Waals surface area contributed by atoms with Gasteiger partial charge >= 0.3 is 0 Å². The molecule has 0 radical (unpaired) electrons. The molecule has 0 bridgehead atoms. The van der Waals surface area contributed by atoms with Gasteiger partial charge in [0.2, 0.25) is 5.69 Å². The molecule has 0 atom stereocenters. The van der Waals surface area contributed by atoms with Gasteiger partial charge in [-0.05, 0) is 63.9 Å². The largest absolute Gasteiger partial charge is 0.455 e. The van der Waals surface area contributed by atoms with E-state index in [4.69, 9.17) is 4.74 Å². The fourth-order valence-corrected chi connectivity index (χ4v) is 7.05. The minimum Gasteiger partial charge on any atom is -0.455 e. The lowest BCUT2D eigenvalue weighted by Crippen LogP contribution is -2.32. The number of hydrogen-bond acceptors (Lipinski definition) is 1. The molecule has 1 aliphatic carbocycles. The Morgan fingerprint density at radius 3 is 2.47 bits per heavy atom. The van der Waals surface area contributed by atoms with E-state index in [1.165, 1.54) is 92.4 Å². The highest BCUT2D eigenvalue weighted by Crippen LogP contribution is 2.53. The summed E-state index contributed by atoms with van der Waals surface area (Å²) in [4.78, 5) is 0. The van der Waals surface area contributed by atoms with Crippen molar-refractivity contribution in [2.24, 2.45) is 13.0 Å². The van der Waals surface area contributed by atoms with Crippen molar-refractivity contribution in [3.8, 4) is 22.8 Å². The van der Waals surface area contributed by atoms with E-state index in [1.807, 2.05) is 0 Å². The predicted octanol–water partition coefficient (Wildman–Crippen LogP) is 8.91. The smallest absolute Gasteiger partial charge is 0.228 e. The quantitative estimate of drug-likeness (QED) is 0.185. The van der Waals surface area contributed by atoms with Gasteiger partial charge < -0.3 is 4.74 Å². The normalized spacial score (nSPS) is 15.2. The van der Waals surface area contributed by atoms with E-state index in [0.29, 0.717) is 5.92 Å². The monoisotopic (exact) mass is 472 g/mol. The zero-order valence-corrected chi connectivity index (χ0v) is 21.8. The number of hydrogen-bond donors (Lipinski definition) is 0. The first-order valence-corrected chi connectivity index (χ1v) is 13.6. The SMILES string of the molecule is Cc1c2c(c(C(C)C)c3ccccc13)Oc1cc3cc(CC4CCCC4)ccc3c3cc[n+](C)c-2c13. The summed E-state index contributed by atoms with van der Waals surface area (Å²) in [5.74, 6) is 3.23. The van der Waals surface area contributed by atoms with Crippen LogP contribution in [0.25, 0.3) is 43.6 Å². The van der Waals surface area contributed by atoms with E-state index in [0.717, 1.165) is 17.4 Å². The molecule has 0 unspecified atom stereocenters. The van der Waals surface area contributed by atoms with Crippen LogP contribution in [0.3, 0.4) is 0 Å². The van der Waals surface area contributed by atoms with E-state index in [2.05, 4.69) is 93.2 Å². The molecule has 2 heteroatoms. The predicted molar refractivity (Wildman–Crippen MR) is 150 cm³/mol. The van der Waals surface area contributed by atoms with Crippen molar-refractivity contribution in [2.75, 3.05) is 0 Å². The molecule has 1 aliphatic heterocycles. The molecule has 4 aromatic carbocycles. The highest BCUT2D eigenvalue weighted by molar-refractivity contribution is 6.16. The van der Waals surface area contributed by atoms with Crippen LogP contribution in [0.2, 0.25) is 0 Å². The molecule has 0 N–H and O–H groups in total. The van der Waals surface area contributed by atoms with Gasteiger partial charge in [-0.15, -0.1) is 0 Å². The van der Waals surface area contributed by atoms with Gasteiger partial charge in [-0.3, -0.25) is 0 Å². The number of fused-ring (bicyclic) bond motifs is 5. The van der Waals surface area contributed by atoms with E-state index in [9.17, 15) is 0 Å². The van der Waals surface area contributed by atoms with Crippen molar-refractivity contribution in [3.05, 3.63) is 77.5 Å². The minimum atomic E-state index is 0.355. The van der Waals surface area contributed by atoms with Crippen LogP contribution >= 0.6 is 0 Å². The molecule has 5 aromatic rings. The molecule has 2 nitrogen and oxygen atoms in total. The number of nitrogens with zero attached hydrogens (tertiary/aromatic N) is 1. The molecule has 2 aliphatic rings. The van der Waals surface area contributed by atoms with Crippen molar-refractivity contribution in [1.29, 1.82) is 0 Å². The Bertz CT molecular complexity index is 1690. The standard InChI is InChI=1S/C34H34NO/c1-20(2)30-27-12-8-7-11-25(27)21(3)31-33-32-28(15-16-35(33)4)26-14-13-23(17-22-9-5-6-10-22)18-24(26)19-29(32)36-34(30)31/h7-8,11-16,18-20,22H,5-6,9-10,17H2,1-4H3/q+1. The third kappa shape index (κ3) is 3.13. The van der Waals surface area contributed by atoms with Gasteiger partial charge in [0.05, 0.1) is 10.9 Å². The summed E-state index contributed by atoms with van der Waals surface area (Å²) in [5.41, 5.74) is 6.58. The Morgan fingerprint density at radius 1 is 0.917 bits per heavy atom. The summed E-state index contributed by atoms with van der Waals surface area (Å²) >= 11 is 0. The Balaban J connectivity index is 1.53. The van der Waals surface area contributed by atoms with Crippen LogP contribution in [0, 0.1) is 12.8 Å².